The lowest BCUT2D eigenvalue weighted by Gasteiger charge is -2.36. The van der Waals surface area contributed by atoms with Gasteiger partial charge < -0.3 is 10.1 Å². The number of rotatable bonds is 5. The maximum absolute atomic E-state index is 5.95. The van der Waals surface area contributed by atoms with E-state index in [0.717, 1.165) is 32.8 Å². The number of likely N-dealkylation sites (N-methyl/N-ethyl adjacent to an activating group) is 2. The summed E-state index contributed by atoms with van der Waals surface area (Å²) in [4.78, 5) is 6.65. The van der Waals surface area contributed by atoms with Crippen LogP contribution in [0.2, 0.25) is 0 Å². The normalized spacial score (nSPS) is 22.9. The summed E-state index contributed by atoms with van der Waals surface area (Å²) in [7, 11) is 0. The summed E-state index contributed by atoms with van der Waals surface area (Å²) in [5.41, 5.74) is 1.21. The molecule has 1 aromatic heterocycles. The lowest BCUT2D eigenvalue weighted by atomic mass is 10.0. The van der Waals surface area contributed by atoms with E-state index in [2.05, 4.69) is 35.1 Å². The summed E-state index contributed by atoms with van der Waals surface area (Å²) in [5.74, 6) is 0. The number of nitrogens with one attached hydrogen (secondary N) is 1. The van der Waals surface area contributed by atoms with Gasteiger partial charge in [-0.15, -0.1) is 0 Å². The van der Waals surface area contributed by atoms with Gasteiger partial charge in [-0.3, -0.25) is 9.88 Å². The van der Waals surface area contributed by atoms with E-state index in [1.54, 1.807) is 0 Å². The Hall–Kier alpha value is -0.970. The molecular formula is C14H23N3O. The number of nitrogens with zero attached hydrogens (tertiary/aromatic N) is 2. The van der Waals surface area contributed by atoms with Gasteiger partial charge in [-0.2, -0.15) is 0 Å². The third-order valence-electron chi connectivity index (χ3n) is 3.46. The Kier molecular flexibility index (Phi) is 5.11. The number of pyridine rings is 1. The van der Waals surface area contributed by atoms with Gasteiger partial charge in [-0.1, -0.05) is 19.9 Å². The SMILES string of the molecule is CCNC(c1cccnc1)C1CN(CC)CCO1. The second kappa shape index (κ2) is 6.83. The molecule has 2 unspecified atom stereocenters. The first-order valence-electron chi connectivity index (χ1n) is 6.82. The van der Waals surface area contributed by atoms with Crippen molar-refractivity contribution in [2.45, 2.75) is 26.0 Å². The molecule has 0 amide bonds. The van der Waals surface area contributed by atoms with Crippen molar-refractivity contribution < 1.29 is 4.74 Å². The average Bonchev–Trinajstić information content (AvgIpc) is 2.46. The second-order valence-electron chi connectivity index (χ2n) is 4.62. The molecule has 4 heteroatoms. The lowest BCUT2D eigenvalue weighted by molar-refractivity contribution is -0.0454. The highest BCUT2D eigenvalue weighted by Gasteiger charge is 2.28. The van der Waals surface area contributed by atoms with Crippen molar-refractivity contribution >= 4 is 0 Å². The van der Waals surface area contributed by atoms with E-state index >= 15 is 0 Å². The van der Waals surface area contributed by atoms with Crippen LogP contribution in [-0.2, 0) is 4.74 Å². The van der Waals surface area contributed by atoms with Crippen LogP contribution in [0.4, 0.5) is 0 Å². The molecular weight excluding hydrogens is 226 g/mol. The summed E-state index contributed by atoms with van der Waals surface area (Å²) in [6.07, 6.45) is 3.96. The van der Waals surface area contributed by atoms with Gasteiger partial charge in [0.2, 0.25) is 0 Å². The zero-order chi connectivity index (χ0) is 12.8. The zero-order valence-corrected chi connectivity index (χ0v) is 11.3. The van der Waals surface area contributed by atoms with Gasteiger partial charge >= 0.3 is 0 Å². The van der Waals surface area contributed by atoms with Crippen LogP contribution in [0, 0.1) is 0 Å². The molecule has 0 aliphatic carbocycles. The highest BCUT2D eigenvalue weighted by Crippen LogP contribution is 2.21. The first-order chi connectivity index (χ1) is 8.85. The molecule has 0 radical (unpaired) electrons. The minimum atomic E-state index is 0.211. The predicted octanol–water partition coefficient (Wildman–Crippen LogP) is 1.45. The van der Waals surface area contributed by atoms with Crippen molar-refractivity contribution in [2.75, 3.05) is 32.8 Å². The smallest absolute Gasteiger partial charge is 0.0897 e. The van der Waals surface area contributed by atoms with Crippen LogP contribution in [0.3, 0.4) is 0 Å². The lowest BCUT2D eigenvalue weighted by Crippen LogP contribution is -2.48. The largest absolute Gasteiger partial charge is 0.374 e. The fourth-order valence-corrected chi connectivity index (χ4v) is 2.46. The Morgan fingerprint density at radius 3 is 3.11 bits per heavy atom. The molecule has 1 N–H and O–H groups in total. The maximum atomic E-state index is 5.95. The molecule has 1 aliphatic heterocycles. The predicted molar refractivity (Wildman–Crippen MR) is 72.5 cm³/mol. The van der Waals surface area contributed by atoms with Gasteiger partial charge in [-0.25, -0.2) is 0 Å². The quantitative estimate of drug-likeness (QED) is 0.857. The van der Waals surface area contributed by atoms with E-state index in [-0.39, 0.29) is 12.1 Å². The summed E-state index contributed by atoms with van der Waals surface area (Å²) in [5, 5.41) is 3.52. The van der Waals surface area contributed by atoms with Crippen molar-refractivity contribution in [3.63, 3.8) is 0 Å². The Bertz CT molecular complexity index is 344. The highest BCUT2D eigenvalue weighted by molar-refractivity contribution is 5.16. The Morgan fingerprint density at radius 2 is 2.44 bits per heavy atom. The molecule has 4 nitrogen and oxygen atoms in total. The summed E-state index contributed by atoms with van der Waals surface area (Å²) in [6, 6.07) is 4.34. The molecule has 100 valence electrons. The molecule has 1 aliphatic rings. The zero-order valence-electron chi connectivity index (χ0n) is 11.3. The number of aromatic nitrogens is 1. The Morgan fingerprint density at radius 1 is 1.56 bits per heavy atom. The minimum Gasteiger partial charge on any atom is -0.374 e. The van der Waals surface area contributed by atoms with Gasteiger partial charge in [0.15, 0.2) is 0 Å². The third-order valence-corrected chi connectivity index (χ3v) is 3.46. The number of morpholine rings is 1. The molecule has 0 spiro atoms. The van der Waals surface area contributed by atoms with Gasteiger partial charge in [0.25, 0.3) is 0 Å². The van der Waals surface area contributed by atoms with Crippen molar-refractivity contribution in [2.24, 2.45) is 0 Å². The molecule has 2 heterocycles. The second-order valence-corrected chi connectivity index (χ2v) is 4.62. The van der Waals surface area contributed by atoms with Crippen molar-refractivity contribution in [1.29, 1.82) is 0 Å². The summed E-state index contributed by atoms with van der Waals surface area (Å²) in [6.45, 7) is 9.21. The highest BCUT2D eigenvalue weighted by atomic mass is 16.5. The minimum absolute atomic E-state index is 0.211. The van der Waals surface area contributed by atoms with E-state index in [1.807, 2.05) is 18.5 Å². The summed E-state index contributed by atoms with van der Waals surface area (Å²) < 4.78 is 5.95. The number of hydrogen-bond donors (Lipinski definition) is 1. The Labute approximate surface area is 109 Å². The Balaban J connectivity index is 2.09. The number of ether oxygens (including phenoxy) is 1. The van der Waals surface area contributed by atoms with Gasteiger partial charge in [0, 0.05) is 25.5 Å². The van der Waals surface area contributed by atoms with Gasteiger partial charge in [-0.05, 0) is 24.7 Å². The molecule has 0 aromatic carbocycles. The van der Waals surface area contributed by atoms with E-state index in [1.165, 1.54) is 5.56 Å². The van der Waals surface area contributed by atoms with Crippen molar-refractivity contribution in [3.05, 3.63) is 30.1 Å². The topological polar surface area (TPSA) is 37.4 Å². The van der Waals surface area contributed by atoms with Crippen LogP contribution < -0.4 is 5.32 Å². The molecule has 18 heavy (non-hydrogen) atoms. The van der Waals surface area contributed by atoms with Crippen LogP contribution >= 0.6 is 0 Å². The van der Waals surface area contributed by atoms with Crippen molar-refractivity contribution in [1.82, 2.24) is 15.2 Å². The maximum Gasteiger partial charge on any atom is 0.0897 e. The average molecular weight is 249 g/mol. The van der Waals surface area contributed by atoms with E-state index in [0.29, 0.717) is 0 Å². The van der Waals surface area contributed by atoms with E-state index in [9.17, 15) is 0 Å². The van der Waals surface area contributed by atoms with E-state index < -0.39 is 0 Å². The first kappa shape index (κ1) is 13.5. The molecule has 0 saturated carbocycles. The fraction of sp³-hybridized carbons (Fsp3) is 0.643. The molecule has 2 rings (SSSR count). The van der Waals surface area contributed by atoms with Crippen molar-refractivity contribution in [3.8, 4) is 0 Å². The van der Waals surface area contributed by atoms with Gasteiger partial charge in [0.1, 0.15) is 0 Å². The van der Waals surface area contributed by atoms with Crippen LogP contribution in [0.1, 0.15) is 25.5 Å². The molecule has 1 saturated heterocycles. The summed E-state index contributed by atoms with van der Waals surface area (Å²) >= 11 is 0. The van der Waals surface area contributed by atoms with E-state index in [4.69, 9.17) is 4.74 Å². The third kappa shape index (κ3) is 3.28. The molecule has 0 bridgehead atoms. The fourth-order valence-electron chi connectivity index (χ4n) is 2.46. The molecule has 1 aromatic rings. The molecule has 2 atom stereocenters. The van der Waals surface area contributed by atoms with Crippen LogP contribution in [0.25, 0.3) is 0 Å². The first-order valence-corrected chi connectivity index (χ1v) is 6.82. The van der Waals surface area contributed by atoms with Crippen LogP contribution in [-0.4, -0.2) is 48.8 Å². The van der Waals surface area contributed by atoms with Gasteiger partial charge in [0.05, 0.1) is 18.8 Å². The monoisotopic (exact) mass is 249 g/mol. The van der Waals surface area contributed by atoms with Crippen LogP contribution in [0.15, 0.2) is 24.5 Å². The van der Waals surface area contributed by atoms with Crippen LogP contribution in [0.5, 0.6) is 0 Å². The standard InChI is InChI=1S/C14H23N3O/c1-3-16-14(12-6-5-7-15-10-12)13-11-17(4-2)8-9-18-13/h5-7,10,13-14,16H,3-4,8-9,11H2,1-2H3. The number of hydrogen-bond acceptors (Lipinski definition) is 4. The molecule has 1 fully saturated rings.